The molecule has 0 atom stereocenters. The topological polar surface area (TPSA) is 32.3 Å². The summed E-state index contributed by atoms with van der Waals surface area (Å²) in [5.74, 6) is 0.0256. The normalized spacial score (nSPS) is 10.8. The number of hydrogen-bond acceptors (Lipinski definition) is 3. The molecule has 0 unspecified atom stereocenters. The van der Waals surface area contributed by atoms with Crippen LogP contribution in [0.2, 0.25) is 0 Å². The van der Waals surface area contributed by atoms with Gasteiger partial charge in [0, 0.05) is 12.1 Å². The summed E-state index contributed by atoms with van der Waals surface area (Å²) < 4.78 is 0. The Bertz CT molecular complexity index is 549. The summed E-state index contributed by atoms with van der Waals surface area (Å²) in [6.07, 6.45) is 0.963. The molecule has 0 aliphatic carbocycles. The van der Waals surface area contributed by atoms with E-state index < -0.39 is 0 Å². The largest absolute Gasteiger partial charge is 0.351 e. The van der Waals surface area contributed by atoms with Crippen molar-refractivity contribution in [3.05, 3.63) is 46.7 Å². The van der Waals surface area contributed by atoms with Gasteiger partial charge in [0.2, 0.25) is 0 Å². The third kappa shape index (κ3) is 3.92. The quantitative estimate of drug-likeness (QED) is 0.828. The average molecular weight is 288 g/mol. The fourth-order valence-electron chi connectivity index (χ4n) is 2.01. The van der Waals surface area contributed by atoms with Crippen LogP contribution in [0.3, 0.4) is 0 Å². The first kappa shape index (κ1) is 14.8. The van der Waals surface area contributed by atoms with Crippen LogP contribution in [0.5, 0.6) is 0 Å². The SMILES string of the molecule is CN(C)CCCNC(=O)c1sccc1-c1ccccc1. The molecule has 0 saturated heterocycles. The van der Waals surface area contributed by atoms with E-state index >= 15 is 0 Å². The summed E-state index contributed by atoms with van der Waals surface area (Å²) in [4.78, 5) is 15.1. The van der Waals surface area contributed by atoms with Gasteiger partial charge in [-0.15, -0.1) is 11.3 Å². The van der Waals surface area contributed by atoms with Crippen molar-refractivity contribution in [1.82, 2.24) is 10.2 Å². The van der Waals surface area contributed by atoms with Crippen LogP contribution in [-0.2, 0) is 0 Å². The Labute approximate surface area is 124 Å². The van der Waals surface area contributed by atoms with Crippen molar-refractivity contribution in [1.29, 1.82) is 0 Å². The summed E-state index contributed by atoms with van der Waals surface area (Å²) in [7, 11) is 4.07. The number of nitrogens with zero attached hydrogens (tertiary/aromatic N) is 1. The van der Waals surface area contributed by atoms with Crippen molar-refractivity contribution in [2.75, 3.05) is 27.2 Å². The van der Waals surface area contributed by atoms with Gasteiger partial charge in [-0.3, -0.25) is 4.79 Å². The van der Waals surface area contributed by atoms with E-state index in [9.17, 15) is 4.79 Å². The first-order valence-corrected chi connectivity index (χ1v) is 7.62. The Hall–Kier alpha value is -1.65. The predicted octanol–water partition coefficient (Wildman–Crippen LogP) is 3.10. The van der Waals surface area contributed by atoms with E-state index in [0.29, 0.717) is 6.54 Å². The molecule has 1 heterocycles. The van der Waals surface area contributed by atoms with E-state index in [-0.39, 0.29) is 5.91 Å². The standard InChI is InChI=1S/C16H20N2OS/c1-18(2)11-6-10-17-16(19)15-14(9-12-20-15)13-7-4-3-5-8-13/h3-5,7-9,12H,6,10-11H2,1-2H3,(H,17,19). The molecular formula is C16H20N2OS. The number of benzene rings is 1. The number of carbonyl (C=O) groups is 1. The predicted molar refractivity (Wildman–Crippen MR) is 85.3 cm³/mol. The van der Waals surface area contributed by atoms with Crippen molar-refractivity contribution >= 4 is 17.2 Å². The van der Waals surface area contributed by atoms with Gasteiger partial charge in [-0.2, -0.15) is 0 Å². The highest BCUT2D eigenvalue weighted by Crippen LogP contribution is 2.27. The lowest BCUT2D eigenvalue weighted by molar-refractivity contribution is 0.0957. The van der Waals surface area contributed by atoms with Gasteiger partial charge >= 0.3 is 0 Å². The van der Waals surface area contributed by atoms with E-state index in [1.165, 1.54) is 11.3 Å². The second-order valence-corrected chi connectivity index (χ2v) is 5.86. The van der Waals surface area contributed by atoms with Crippen molar-refractivity contribution in [2.45, 2.75) is 6.42 Å². The minimum absolute atomic E-state index is 0.0256. The van der Waals surface area contributed by atoms with Gasteiger partial charge in [0.15, 0.2) is 0 Å². The first-order chi connectivity index (χ1) is 9.68. The molecule has 20 heavy (non-hydrogen) atoms. The minimum Gasteiger partial charge on any atom is -0.351 e. The Kier molecular flexibility index (Phi) is 5.32. The molecule has 106 valence electrons. The number of nitrogens with one attached hydrogen (secondary N) is 1. The highest BCUT2D eigenvalue weighted by Gasteiger charge is 2.13. The van der Waals surface area contributed by atoms with Crippen molar-refractivity contribution in [2.24, 2.45) is 0 Å². The van der Waals surface area contributed by atoms with Gasteiger partial charge in [-0.1, -0.05) is 30.3 Å². The van der Waals surface area contributed by atoms with Crippen LogP contribution >= 0.6 is 11.3 Å². The zero-order valence-corrected chi connectivity index (χ0v) is 12.7. The Morgan fingerprint density at radius 1 is 1.20 bits per heavy atom. The summed E-state index contributed by atoms with van der Waals surface area (Å²) in [5, 5.41) is 4.96. The maximum absolute atomic E-state index is 12.2. The Morgan fingerprint density at radius 3 is 2.65 bits per heavy atom. The average Bonchev–Trinajstić information content (AvgIpc) is 2.93. The molecule has 2 aromatic rings. The van der Waals surface area contributed by atoms with E-state index in [2.05, 4.69) is 10.2 Å². The van der Waals surface area contributed by atoms with Gasteiger partial charge in [-0.25, -0.2) is 0 Å². The maximum atomic E-state index is 12.2. The molecule has 4 heteroatoms. The van der Waals surface area contributed by atoms with E-state index in [1.54, 1.807) is 0 Å². The van der Waals surface area contributed by atoms with Gasteiger partial charge in [-0.05, 0) is 44.1 Å². The van der Waals surface area contributed by atoms with Gasteiger partial charge in [0.25, 0.3) is 5.91 Å². The zero-order valence-electron chi connectivity index (χ0n) is 11.9. The molecule has 0 spiro atoms. The van der Waals surface area contributed by atoms with E-state index in [1.807, 2.05) is 55.9 Å². The number of amides is 1. The van der Waals surface area contributed by atoms with Crippen molar-refractivity contribution < 1.29 is 4.79 Å². The smallest absolute Gasteiger partial charge is 0.261 e. The molecule has 0 aliphatic rings. The third-order valence-corrected chi connectivity index (χ3v) is 3.94. The number of thiophene rings is 1. The number of carbonyl (C=O) groups excluding carboxylic acids is 1. The highest BCUT2D eigenvalue weighted by atomic mass is 32.1. The molecule has 3 nitrogen and oxygen atoms in total. The molecule has 0 radical (unpaired) electrons. The molecule has 0 saturated carbocycles. The summed E-state index contributed by atoms with van der Waals surface area (Å²) in [6, 6.07) is 12.0. The van der Waals surface area contributed by atoms with E-state index in [4.69, 9.17) is 0 Å². The van der Waals surface area contributed by atoms with Crippen LogP contribution in [0.4, 0.5) is 0 Å². The fourth-order valence-corrected chi connectivity index (χ4v) is 2.84. The Balaban J connectivity index is 1.99. The zero-order chi connectivity index (χ0) is 14.4. The molecule has 1 N–H and O–H groups in total. The van der Waals surface area contributed by atoms with Gasteiger partial charge < -0.3 is 10.2 Å². The third-order valence-electron chi connectivity index (χ3n) is 3.02. The summed E-state index contributed by atoms with van der Waals surface area (Å²) in [6.45, 7) is 1.69. The minimum atomic E-state index is 0.0256. The van der Waals surface area contributed by atoms with Crippen LogP contribution in [0.15, 0.2) is 41.8 Å². The Morgan fingerprint density at radius 2 is 1.95 bits per heavy atom. The number of rotatable bonds is 6. The first-order valence-electron chi connectivity index (χ1n) is 6.74. The molecule has 2 rings (SSSR count). The lowest BCUT2D eigenvalue weighted by Crippen LogP contribution is -2.26. The second-order valence-electron chi connectivity index (χ2n) is 4.94. The molecule has 0 aliphatic heterocycles. The van der Waals surface area contributed by atoms with E-state index in [0.717, 1.165) is 29.0 Å². The summed E-state index contributed by atoms with van der Waals surface area (Å²) >= 11 is 1.49. The lowest BCUT2D eigenvalue weighted by atomic mass is 10.1. The number of hydrogen-bond donors (Lipinski definition) is 1. The van der Waals surface area contributed by atoms with Crippen LogP contribution in [0, 0.1) is 0 Å². The highest BCUT2D eigenvalue weighted by molar-refractivity contribution is 7.12. The molecule has 0 bridgehead atoms. The van der Waals surface area contributed by atoms with Crippen LogP contribution in [0.25, 0.3) is 11.1 Å². The summed E-state index contributed by atoms with van der Waals surface area (Å²) in [5.41, 5.74) is 2.10. The molecule has 1 aromatic carbocycles. The van der Waals surface area contributed by atoms with Crippen LogP contribution in [0.1, 0.15) is 16.1 Å². The maximum Gasteiger partial charge on any atom is 0.261 e. The molecule has 1 aromatic heterocycles. The monoisotopic (exact) mass is 288 g/mol. The second kappa shape index (κ2) is 7.22. The van der Waals surface area contributed by atoms with Crippen LogP contribution < -0.4 is 5.32 Å². The van der Waals surface area contributed by atoms with Gasteiger partial charge in [0.05, 0.1) is 4.88 Å². The van der Waals surface area contributed by atoms with Gasteiger partial charge in [0.1, 0.15) is 0 Å². The molecular weight excluding hydrogens is 268 g/mol. The lowest BCUT2D eigenvalue weighted by Gasteiger charge is -2.10. The molecule has 0 fully saturated rings. The van der Waals surface area contributed by atoms with Crippen molar-refractivity contribution in [3.8, 4) is 11.1 Å². The van der Waals surface area contributed by atoms with Crippen molar-refractivity contribution in [3.63, 3.8) is 0 Å². The van der Waals surface area contributed by atoms with Crippen LogP contribution in [-0.4, -0.2) is 38.0 Å². The fraction of sp³-hybridized carbons (Fsp3) is 0.312. The molecule has 1 amide bonds.